The van der Waals surface area contributed by atoms with E-state index in [4.69, 9.17) is 0 Å². The van der Waals surface area contributed by atoms with E-state index >= 15 is 0 Å². The van der Waals surface area contributed by atoms with Crippen LogP contribution in [0.3, 0.4) is 0 Å². The maximum absolute atomic E-state index is 13.7. The highest BCUT2D eigenvalue weighted by molar-refractivity contribution is 9.10. The van der Waals surface area contributed by atoms with E-state index in [1.807, 2.05) is 73.7 Å². The quantitative estimate of drug-likeness (QED) is 0.103. The van der Waals surface area contributed by atoms with Crippen molar-refractivity contribution >= 4 is 82.4 Å². The molecule has 4 aromatic carbocycles. The number of aliphatic hydroxyl groups is 2. The lowest BCUT2D eigenvalue weighted by molar-refractivity contribution is -0.136. The number of halogens is 2. The number of nitrogens with zero attached hydrogens (tertiary/aromatic N) is 8. The fraction of sp³-hybridized carbons (Fsp3) is 0.385. The van der Waals surface area contributed by atoms with E-state index in [9.17, 15) is 29.4 Å². The molecule has 69 heavy (non-hydrogen) atoms. The number of carbonyl (C=O) groups excluding carboxylic acids is 3. The van der Waals surface area contributed by atoms with Crippen LogP contribution in [0.2, 0.25) is 0 Å². The van der Waals surface area contributed by atoms with E-state index in [1.165, 1.54) is 10.9 Å². The van der Waals surface area contributed by atoms with Gasteiger partial charge in [0.25, 0.3) is 5.56 Å². The molecular weight excluding hydrogens is 1010 g/mol. The van der Waals surface area contributed by atoms with Crippen LogP contribution in [0.1, 0.15) is 56.1 Å². The van der Waals surface area contributed by atoms with Crippen molar-refractivity contribution in [2.24, 2.45) is 7.05 Å². The molecule has 17 heteroatoms. The van der Waals surface area contributed by atoms with Crippen LogP contribution >= 0.6 is 31.9 Å². The van der Waals surface area contributed by atoms with Gasteiger partial charge in [-0.15, -0.1) is 0 Å². The van der Waals surface area contributed by atoms with Gasteiger partial charge in [0.05, 0.1) is 36.8 Å². The number of aromatic nitrogens is 5. The molecular formula is C52H57Br2N9O6. The minimum absolute atomic E-state index is 0.0465. The van der Waals surface area contributed by atoms with Gasteiger partial charge in [-0.05, 0) is 66.3 Å². The second kappa shape index (κ2) is 20.7. The van der Waals surface area contributed by atoms with Crippen LogP contribution in [-0.2, 0) is 41.1 Å². The number of hydrogen-bond acceptors (Lipinski definition) is 9. The second-order valence-electron chi connectivity index (χ2n) is 18.7. The Hall–Kier alpha value is -5.72. The lowest BCUT2D eigenvalue weighted by Gasteiger charge is -2.38. The summed E-state index contributed by atoms with van der Waals surface area (Å²) < 4.78 is 7.22. The number of hydrogen-bond donors (Lipinski definition) is 3. The van der Waals surface area contributed by atoms with Crippen molar-refractivity contribution in [1.29, 1.82) is 0 Å². The molecule has 3 amide bonds. The number of likely N-dealkylation sites (tertiary alicyclic amines) is 1. The van der Waals surface area contributed by atoms with E-state index in [-0.39, 0.29) is 60.6 Å². The number of piperidine rings is 1. The molecule has 9 rings (SSSR count). The molecule has 5 heterocycles. The van der Waals surface area contributed by atoms with Crippen LogP contribution in [-0.4, -0.2) is 124 Å². The van der Waals surface area contributed by atoms with Crippen molar-refractivity contribution in [2.45, 2.75) is 76.3 Å². The predicted octanol–water partition coefficient (Wildman–Crippen LogP) is 6.58. The van der Waals surface area contributed by atoms with Gasteiger partial charge in [0.15, 0.2) is 5.52 Å². The minimum atomic E-state index is -1.17. The zero-order chi connectivity index (χ0) is 48.4. The summed E-state index contributed by atoms with van der Waals surface area (Å²) in [6, 6.07) is 30.0. The van der Waals surface area contributed by atoms with Crippen molar-refractivity contribution in [1.82, 2.24) is 43.9 Å². The van der Waals surface area contributed by atoms with Crippen LogP contribution in [0.25, 0.3) is 44.1 Å². The molecule has 0 saturated carbocycles. The number of piperazine rings is 1. The molecule has 2 aliphatic rings. The fourth-order valence-corrected chi connectivity index (χ4v) is 10.6. The molecule has 2 aliphatic heterocycles. The van der Waals surface area contributed by atoms with Crippen molar-refractivity contribution in [2.75, 3.05) is 45.8 Å². The highest BCUT2D eigenvalue weighted by Gasteiger charge is 2.35. The number of fused-ring (bicyclic) bond motifs is 4. The lowest BCUT2D eigenvalue weighted by atomic mass is 9.90. The Kier molecular flexibility index (Phi) is 14.5. The maximum Gasteiger partial charge on any atom is 0.281 e. The number of β-amino-alcohol motifs (C(OH)–C–C–N with tert-alkyl or cyclic N) is 1. The van der Waals surface area contributed by atoms with Crippen molar-refractivity contribution in [3.8, 4) is 11.3 Å². The molecule has 15 nitrogen and oxygen atoms in total. The van der Waals surface area contributed by atoms with Crippen LogP contribution in [0, 0.1) is 0 Å². The Morgan fingerprint density at radius 3 is 2.07 bits per heavy atom. The van der Waals surface area contributed by atoms with E-state index in [0.717, 1.165) is 47.4 Å². The van der Waals surface area contributed by atoms with Gasteiger partial charge in [-0.25, -0.2) is 4.98 Å². The summed E-state index contributed by atoms with van der Waals surface area (Å²) in [5.74, 6) is -0.125. The molecule has 3 N–H and O–H groups in total. The number of rotatable bonds is 15. The van der Waals surface area contributed by atoms with Gasteiger partial charge in [-0.2, -0.15) is 5.10 Å². The van der Waals surface area contributed by atoms with Gasteiger partial charge in [0, 0.05) is 115 Å². The molecule has 2 atom stereocenters. The summed E-state index contributed by atoms with van der Waals surface area (Å²) in [6.45, 7) is 6.50. The normalized spacial score (nSPS) is 16.3. The SMILES string of the molecule is C[C@H](CC(=O)N1CCC(O)(Cn2cnc3c(-c4ccc(CNC(=O)CCC(=O)N5CCN(C[C@H](O)Cn6c7ccc(Br)cc7c7cc(Br)ccc76)CC5)cc4)n(C)nc3c2=O)CC1)c1ccccc1. The van der Waals surface area contributed by atoms with Gasteiger partial charge in [-0.1, -0.05) is 93.4 Å². The first-order chi connectivity index (χ1) is 33.2. The Balaban J connectivity index is 0.716. The molecule has 2 saturated heterocycles. The molecule has 0 spiro atoms. The first-order valence-electron chi connectivity index (χ1n) is 23.6. The summed E-state index contributed by atoms with van der Waals surface area (Å²) in [7, 11) is 1.76. The number of aliphatic hydroxyl groups excluding tert-OH is 1. The van der Waals surface area contributed by atoms with Crippen LogP contribution in [0.4, 0.5) is 0 Å². The fourth-order valence-electron chi connectivity index (χ4n) is 9.91. The smallest absolute Gasteiger partial charge is 0.281 e. The summed E-state index contributed by atoms with van der Waals surface area (Å²) in [4.78, 5) is 63.3. The monoisotopic (exact) mass is 1060 g/mol. The second-order valence-corrected chi connectivity index (χ2v) is 20.5. The van der Waals surface area contributed by atoms with Crippen molar-refractivity contribution < 1.29 is 24.6 Å². The maximum atomic E-state index is 13.7. The Labute approximate surface area is 417 Å². The summed E-state index contributed by atoms with van der Waals surface area (Å²) >= 11 is 7.20. The van der Waals surface area contributed by atoms with Gasteiger partial charge >= 0.3 is 0 Å². The largest absolute Gasteiger partial charge is 0.390 e. The first kappa shape index (κ1) is 48.3. The predicted molar refractivity (Wildman–Crippen MR) is 273 cm³/mol. The number of carbonyl (C=O) groups is 3. The zero-order valence-corrected chi connectivity index (χ0v) is 42.0. The van der Waals surface area contributed by atoms with Gasteiger partial charge < -0.3 is 29.9 Å². The lowest BCUT2D eigenvalue weighted by Crippen LogP contribution is -2.50. The van der Waals surface area contributed by atoms with E-state index in [1.54, 1.807) is 21.5 Å². The van der Waals surface area contributed by atoms with Gasteiger partial charge in [0.2, 0.25) is 17.7 Å². The van der Waals surface area contributed by atoms with E-state index in [2.05, 4.69) is 81.0 Å². The number of nitrogens with one attached hydrogen (secondary N) is 1. The molecule has 0 unspecified atom stereocenters. The Morgan fingerprint density at radius 1 is 0.783 bits per heavy atom. The number of aryl methyl sites for hydroxylation is 1. The summed E-state index contributed by atoms with van der Waals surface area (Å²) in [6.07, 6.45) is 2.14. The number of benzene rings is 4. The average Bonchev–Trinajstić information content (AvgIpc) is 3.84. The van der Waals surface area contributed by atoms with Gasteiger partial charge in [-0.3, -0.25) is 33.3 Å². The topological polar surface area (TPSA) is 171 Å². The van der Waals surface area contributed by atoms with E-state index in [0.29, 0.717) is 82.8 Å². The minimum Gasteiger partial charge on any atom is -0.390 e. The van der Waals surface area contributed by atoms with Crippen LogP contribution < -0.4 is 10.9 Å². The third-order valence-corrected chi connectivity index (χ3v) is 14.8. The van der Waals surface area contributed by atoms with Crippen LogP contribution in [0.15, 0.2) is 111 Å². The summed E-state index contributed by atoms with van der Waals surface area (Å²) in [5, 5.41) is 32.5. The first-order valence-corrected chi connectivity index (χ1v) is 25.2. The van der Waals surface area contributed by atoms with E-state index < -0.39 is 11.7 Å². The third kappa shape index (κ3) is 10.9. The third-order valence-electron chi connectivity index (χ3n) is 13.8. The van der Waals surface area contributed by atoms with Crippen molar-refractivity contribution in [3.63, 3.8) is 0 Å². The average molecular weight is 1060 g/mol. The summed E-state index contributed by atoms with van der Waals surface area (Å²) in [5.41, 5.74) is 4.69. The highest BCUT2D eigenvalue weighted by atomic mass is 79.9. The Morgan fingerprint density at radius 2 is 1.42 bits per heavy atom. The molecule has 0 radical (unpaired) electrons. The molecule has 3 aromatic heterocycles. The Bertz CT molecular complexity index is 3010. The molecule has 360 valence electrons. The standard InChI is InChI=1S/C52H57Br2N9O6/c1-34(36-6-4-3-5-7-36)26-47(67)60-20-18-52(69,19-21-60)32-62-33-56-48-49(51(62)68)57-58(2)50(48)37-10-8-35(9-11-37)29-55-45(65)16-17-46(66)61-24-22-59(23-25-61)30-40(64)31-63-43-14-12-38(53)27-41(43)42-28-39(54)13-15-44(42)63/h3-15,27-28,33-34,40,64,69H,16-26,29-32H2,1-2H3,(H,55,65)/t34-,40+/m1/s1. The molecule has 7 aromatic rings. The van der Waals surface area contributed by atoms with Crippen LogP contribution in [0.5, 0.6) is 0 Å². The van der Waals surface area contributed by atoms with Crippen molar-refractivity contribution in [3.05, 3.63) is 128 Å². The van der Waals surface area contributed by atoms with Gasteiger partial charge in [0.1, 0.15) is 5.52 Å². The molecule has 0 bridgehead atoms. The molecule has 0 aliphatic carbocycles. The zero-order valence-electron chi connectivity index (χ0n) is 38.9. The molecule has 2 fully saturated rings. The number of amides is 3. The highest BCUT2D eigenvalue weighted by Crippen LogP contribution is 2.34.